The molecule has 2 atom stereocenters. The molecule has 0 aliphatic carbocycles. The van der Waals surface area contributed by atoms with E-state index in [1.54, 1.807) is 0 Å². The monoisotopic (exact) mass is 305 g/mol. The van der Waals surface area contributed by atoms with Gasteiger partial charge in [-0.3, -0.25) is 0 Å². The first kappa shape index (κ1) is 15.3. The smallest absolute Gasteiger partial charge is 0.159 e. The highest BCUT2D eigenvalue weighted by Crippen LogP contribution is 2.18. The second-order valence-electron chi connectivity index (χ2n) is 5.12. The molecule has 0 bridgehead atoms. The van der Waals surface area contributed by atoms with E-state index >= 15 is 0 Å². The Bertz CT molecular complexity index is 577. The highest BCUT2D eigenvalue weighted by atomic mass is 32.2. The maximum Gasteiger partial charge on any atom is 0.159 e. The van der Waals surface area contributed by atoms with Gasteiger partial charge < -0.3 is 10.4 Å². The topological polar surface area (TPSA) is 66.4 Å². The first-order valence-electron chi connectivity index (χ1n) is 6.41. The van der Waals surface area contributed by atoms with Gasteiger partial charge in [0.2, 0.25) is 0 Å². The Kier molecular flexibility index (Phi) is 4.72. The number of rotatable bonds is 5. The van der Waals surface area contributed by atoms with Gasteiger partial charge in [0.15, 0.2) is 21.5 Å². The van der Waals surface area contributed by atoms with Crippen LogP contribution in [0.25, 0.3) is 0 Å². The van der Waals surface area contributed by atoms with Gasteiger partial charge in [-0.15, -0.1) is 0 Å². The summed E-state index contributed by atoms with van der Waals surface area (Å²) in [6.45, 7) is 0.654. The van der Waals surface area contributed by atoms with E-state index in [1.165, 1.54) is 6.07 Å². The van der Waals surface area contributed by atoms with Crippen molar-refractivity contribution in [1.82, 2.24) is 5.32 Å². The Morgan fingerprint density at radius 2 is 2.10 bits per heavy atom. The van der Waals surface area contributed by atoms with Crippen LogP contribution in [0.15, 0.2) is 18.2 Å². The second kappa shape index (κ2) is 6.15. The number of benzene rings is 1. The zero-order chi connectivity index (χ0) is 14.8. The fourth-order valence-corrected chi connectivity index (χ4v) is 4.16. The molecule has 0 amide bonds. The molecule has 0 spiro atoms. The van der Waals surface area contributed by atoms with Crippen molar-refractivity contribution in [3.8, 4) is 0 Å². The van der Waals surface area contributed by atoms with E-state index in [-0.39, 0.29) is 29.5 Å². The van der Waals surface area contributed by atoms with E-state index in [0.29, 0.717) is 13.0 Å². The third-order valence-electron chi connectivity index (χ3n) is 3.43. The number of aliphatic hydroxyl groups excluding tert-OH is 1. The lowest BCUT2D eigenvalue weighted by atomic mass is 10.1. The van der Waals surface area contributed by atoms with Crippen molar-refractivity contribution >= 4 is 9.84 Å². The van der Waals surface area contributed by atoms with Crippen LogP contribution in [0, 0.1) is 17.6 Å². The molecule has 1 heterocycles. The summed E-state index contributed by atoms with van der Waals surface area (Å²) in [7, 11) is -2.90. The molecular weight excluding hydrogens is 288 g/mol. The number of hydrogen-bond acceptors (Lipinski definition) is 4. The molecule has 7 heteroatoms. The predicted molar refractivity (Wildman–Crippen MR) is 70.9 cm³/mol. The Morgan fingerprint density at radius 1 is 1.35 bits per heavy atom. The van der Waals surface area contributed by atoms with Gasteiger partial charge in [0.05, 0.1) is 17.6 Å². The number of nitrogens with one attached hydrogen (secondary N) is 1. The fraction of sp³-hybridized carbons (Fsp3) is 0.538. The molecule has 1 aromatic rings. The molecule has 4 nitrogen and oxygen atoms in total. The molecule has 2 rings (SSSR count). The summed E-state index contributed by atoms with van der Waals surface area (Å²) in [6, 6.07) is 3.25. The Labute approximate surface area is 116 Å². The Hall–Kier alpha value is -1.05. The largest absolute Gasteiger partial charge is 0.387 e. The highest BCUT2D eigenvalue weighted by Gasteiger charge is 2.27. The van der Waals surface area contributed by atoms with E-state index < -0.39 is 27.6 Å². The van der Waals surface area contributed by atoms with Crippen LogP contribution in [-0.2, 0) is 9.84 Å². The lowest BCUT2D eigenvalue weighted by Gasteiger charge is -2.14. The van der Waals surface area contributed by atoms with Gasteiger partial charge in [-0.2, -0.15) is 0 Å². The standard InChI is InChI=1S/C13H17F2NO3S/c14-11-2-1-10(5-12(11)15)13(17)7-16-6-9-3-4-20(18,19)8-9/h1-2,5,9,13,16-17H,3-4,6-8H2. The second-order valence-corrected chi connectivity index (χ2v) is 7.35. The molecule has 1 aromatic carbocycles. The molecule has 1 aliphatic rings. The normalized spacial score (nSPS) is 22.9. The third-order valence-corrected chi connectivity index (χ3v) is 5.26. The average molecular weight is 305 g/mol. The van der Waals surface area contributed by atoms with Crippen LogP contribution >= 0.6 is 0 Å². The lowest BCUT2D eigenvalue weighted by Crippen LogP contribution is -2.28. The fourth-order valence-electron chi connectivity index (χ4n) is 2.29. The van der Waals surface area contributed by atoms with Crippen LogP contribution in [0.5, 0.6) is 0 Å². The van der Waals surface area contributed by atoms with Gasteiger partial charge in [-0.25, -0.2) is 17.2 Å². The van der Waals surface area contributed by atoms with Gasteiger partial charge in [0.25, 0.3) is 0 Å². The van der Waals surface area contributed by atoms with Crippen molar-refractivity contribution in [2.75, 3.05) is 24.6 Å². The van der Waals surface area contributed by atoms with Crippen LogP contribution < -0.4 is 5.32 Å². The molecule has 20 heavy (non-hydrogen) atoms. The Morgan fingerprint density at radius 3 is 2.70 bits per heavy atom. The summed E-state index contributed by atoms with van der Waals surface area (Å²) >= 11 is 0. The van der Waals surface area contributed by atoms with E-state index in [2.05, 4.69) is 5.32 Å². The summed E-state index contributed by atoms with van der Waals surface area (Å²) in [6.07, 6.45) is -0.334. The van der Waals surface area contributed by atoms with Crippen LogP contribution in [0.3, 0.4) is 0 Å². The summed E-state index contributed by atoms with van der Waals surface area (Å²) in [5.74, 6) is -1.52. The van der Waals surface area contributed by atoms with Crippen molar-refractivity contribution < 1.29 is 22.3 Å². The van der Waals surface area contributed by atoms with Gasteiger partial charge in [0.1, 0.15) is 0 Å². The van der Waals surface area contributed by atoms with Crippen molar-refractivity contribution in [3.63, 3.8) is 0 Å². The molecule has 0 saturated carbocycles. The van der Waals surface area contributed by atoms with Crippen molar-refractivity contribution in [1.29, 1.82) is 0 Å². The maximum absolute atomic E-state index is 13.0. The third kappa shape index (κ3) is 3.97. The van der Waals surface area contributed by atoms with Crippen molar-refractivity contribution in [3.05, 3.63) is 35.4 Å². The number of halogens is 2. The molecule has 2 unspecified atom stereocenters. The van der Waals surface area contributed by atoms with Crippen LogP contribution in [-0.4, -0.2) is 38.1 Å². The van der Waals surface area contributed by atoms with E-state index in [0.717, 1.165) is 12.1 Å². The molecule has 112 valence electrons. The zero-order valence-corrected chi connectivity index (χ0v) is 11.7. The molecule has 1 aliphatic heterocycles. The minimum absolute atomic E-state index is 0.0529. The number of sulfone groups is 1. The summed E-state index contributed by atoms with van der Waals surface area (Å²) in [5, 5.41) is 12.8. The first-order valence-corrected chi connectivity index (χ1v) is 8.24. The molecular formula is C13H17F2NO3S. The summed E-state index contributed by atoms with van der Waals surface area (Å²) in [5.41, 5.74) is 0.287. The highest BCUT2D eigenvalue weighted by molar-refractivity contribution is 7.91. The summed E-state index contributed by atoms with van der Waals surface area (Å²) < 4.78 is 48.3. The molecule has 0 aromatic heterocycles. The van der Waals surface area contributed by atoms with Gasteiger partial charge in [0, 0.05) is 6.54 Å². The summed E-state index contributed by atoms with van der Waals surface area (Å²) in [4.78, 5) is 0. The average Bonchev–Trinajstić information content (AvgIpc) is 2.72. The van der Waals surface area contributed by atoms with Crippen LogP contribution in [0.2, 0.25) is 0 Å². The van der Waals surface area contributed by atoms with Crippen molar-refractivity contribution in [2.45, 2.75) is 12.5 Å². The zero-order valence-electron chi connectivity index (χ0n) is 10.9. The quantitative estimate of drug-likeness (QED) is 0.852. The van der Waals surface area contributed by atoms with Crippen LogP contribution in [0.4, 0.5) is 8.78 Å². The minimum atomic E-state index is -2.90. The van der Waals surface area contributed by atoms with E-state index in [9.17, 15) is 22.3 Å². The SMILES string of the molecule is O=S1(=O)CCC(CNCC(O)c2ccc(F)c(F)c2)C1. The number of hydrogen-bond donors (Lipinski definition) is 2. The van der Waals surface area contributed by atoms with Gasteiger partial charge in [-0.05, 0) is 36.6 Å². The Balaban J connectivity index is 1.80. The minimum Gasteiger partial charge on any atom is -0.387 e. The first-order chi connectivity index (χ1) is 9.37. The van der Waals surface area contributed by atoms with Crippen LogP contribution in [0.1, 0.15) is 18.1 Å². The van der Waals surface area contributed by atoms with E-state index in [4.69, 9.17) is 0 Å². The molecule has 1 saturated heterocycles. The van der Waals surface area contributed by atoms with E-state index in [1.807, 2.05) is 0 Å². The molecule has 1 fully saturated rings. The number of aliphatic hydroxyl groups is 1. The maximum atomic E-state index is 13.0. The van der Waals surface area contributed by atoms with Gasteiger partial charge >= 0.3 is 0 Å². The van der Waals surface area contributed by atoms with Gasteiger partial charge in [-0.1, -0.05) is 6.07 Å². The molecule has 0 radical (unpaired) electrons. The van der Waals surface area contributed by atoms with Crippen molar-refractivity contribution in [2.24, 2.45) is 5.92 Å². The predicted octanol–water partition coefficient (Wildman–Crippen LogP) is 1.02. The lowest BCUT2D eigenvalue weighted by molar-refractivity contribution is 0.172. The molecule has 2 N–H and O–H groups in total.